The van der Waals surface area contributed by atoms with Gasteiger partial charge in [0.05, 0.1) is 7.11 Å². The average molecular weight is 273 g/mol. The Bertz CT molecular complexity index is 600. The molecule has 0 bridgehead atoms. The Morgan fingerprint density at radius 2 is 2.00 bits per heavy atom. The second-order valence-electron chi connectivity index (χ2n) is 4.29. The highest BCUT2D eigenvalue weighted by Gasteiger charge is 2.12. The minimum Gasteiger partial charge on any atom is -0.481 e. The molecule has 0 saturated carbocycles. The smallest absolute Gasteiger partial charge is 0.216 e. The molecule has 0 saturated heterocycles. The summed E-state index contributed by atoms with van der Waals surface area (Å²) < 4.78 is 5.11. The molecule has 0 aromatic carbocycles. The zero-order valence-electron chi connectivity index (χ0n) is 12.3. The van der Waals surface area contributed by atoms with Gasteiger partial charge in [-0.05, 0) is 20.3 Å². The van der Waals surface area contributed by atoms with E-state index in [-0.39, 0.29) is 0 Å². The molecule has 0 aliphatic rings. The monoisotopic (exact) mass is 273 g/mol. The van der Waals surface area contributed by atoms with E-state index >= 15 is 0 Å². The molecule has 2 rings (SSSR count). The first-order valence-corrected chi connectivity index (χ1v) is 6.67. The van der Waals surface area contributed by atoms with Crippen molar-refractivity contribution in [1.82, 2.24) is 19.9 Å². The van der Waals surface area contributed by atoms with Crippen molar-refractivity contribution in [3.63, 3.8) is 0 Å². The van der Waals surface area contributed by atoms with E-state index in [0.717, 1.165) is 30.0 Å². The van der Waals surface area contributed by atoms with Gasteiger partial charge in [-0.2, -0.15) is 0 Å². The largest absolute Gasteiger partial charge is 0.481 e. The van der Waals surface area contributed by atoms with E-state index in [1.165, 1.54) is 6.33 Å². The standard InChI is InChI=1S/C14H19N5O/c1-5-10-9(3)18-14(19-13(10)15-6-2)11-7-12(20-4)17-8-16-11/h7-8H,5-6H2,1-4H3,(H,15,18,19). The van der Waals surface area contributed by atoms with Gasteiger partial charge in [-0.25, -0.2) is 19.9 Å². The fourth-order valence-electron chi connectivity index (χ4n) is 2.02. The first kappa shape index (κ1) is 14.2. The van der Waals surface area contributed by atoms with Crippen molar-refractivity contribution in [2.75, 3.05) is 19.0 Å². The highest BCUT2D eigenvalue weighted by Crippen LogP contribution is 2.22. The van der Waals surface area contributed by atoms with Gasteiger partial charge in [0, 0.05) is 23.9 Å². The van der Waals surface area contributed by atoms with E-state index in [9.17, 15) is 0 Å². The number of aryl methyl sites for hydroxylation is 1. The maximum Gasteiger partial charge on any atom is 0.216 e. The summed E-state index contributed by atoms with van der Waals surface area (Å²) in [6, 6.07) is 1.73. The SMILES string of the molecule is CCNc1nc(-c2cc(OC)ncn2)nc(C)c1CC. The summed E-state index contributed by atoms with van der Waals surface area (Å²) in [6.07, 6.45) is 2.34. The maximum absolute atomic E-state index is 5.11. The Hall–Kier alpha value is -2.24. The van der Waals surface area contributed by atoms with Crippen molar-refractivity contribution < 1.29 is 4.74 Å². The number of ether oxygens (including phenoxy) is 1. The molecule has 2 heterocycles. The summed E-state index contributed by atoms with van der Waals surface area (Å²) in [6.45, 7) is 6.95. The van der Waals surface area contributed by atoms with E-state index in [2.05, 4.69) is 32.2 Å². The van der Waals surface area contributed by atoms with E-state index in [4.69, 9.17) is 4.74 Å². The lowest BCUT2D eigenvalue weighted by Gasteiger charge is -2.12. The fraction of sp³-hybridized carbons (Fsp3) is 0.429. The van der Waals surface area contributed by atoms with Crippen molar-refractivity contribution in [3.05, 3.63) is 23.7 Å². The molecular weight excluding hydrogens is 254 g/mol. The van der Waals surface area contributed by atoms with Crippen LogP contribution in [0.15, 0.2) is 12.4 Å². The third-order valence-corrected chi connectivity index (χ3v) is 2.99. The molecule has 20 heavy (non-hydrogen) atoms. The van der Waals surface area contributed by atoms with Crippen LogP contribution in [0.1, 0.15) is 25.1 Å². The molecule has 6 heteroatoms. The Labute approximate surface area is 118 Å². The van der Waals surface area contributed by atoms with Crippen LogP contribution in [0.3, 0.4) is 0 Å². The van der Waals surface area contributed by atoms with Crippen LogP contribution in [0.25, 0.3) is 11.5 Å². The molecule has 0 fully saturated rings. The molecule has 0 unspecified atom stereocenters. The molecule has 6 nitrogen and oxygen atoms in total. The van der Waals surface area contributed by atoms with E-state index < -0.39 is 0 Å². The normalized spacial score (nSPS) is 10.4. The van der Waals surface area contributed by atoms with Crippen molar-refractivity contribution in [2.24, 2.45) is 0 Å². The Balaban J connectivity index is 2.51. The lowest BCUT2D eigenvalue weighted by atomic mass is 10.1. The maximum atomic E-state index is 5.11. The Kier molecular flexibility index (Phi) is 4.45. The highest BCUT2D eigenvalue weighted by molar-refractivity contribution is 5.57. The molecule has 106 valence electrons. The van der Waals surface area contributed by atoms with Crippen LogP contribution < -0.4 is 10.1 Å². The van der Waals surface area contributed by atoms with E-state index in [0.29, 0.717) is 17.4 Å². The molecule has 0 atom stereocenters. The molecule has 0 spiro atoms. The van der Waals surface area contributed by atoms with Gasteiger partial charge in [-0.15, -0.1) is 0 Å². The summed E-state index contributed by atoms with van der Waals surface area (Å²) >= 11 is 0. The summed E-state index contributed by atoms with van der Waals surface area (Å²) in [4.78, 5) is 17.3. The van der Waals surface area contributed by atoms with E-state index in [1.54, 1.807) is 13.2 Å². The minimum absolute atomic E-state index is 0.501. The predicted molar refractivity (Wildman–Crippen MR) is 77.9 cm³/mol. The van der Waals surface area contributed by atoms with Gasteiger partial charge in [0.25, 0.3) is 0 Å². The summed E-state index contributed by atoms with van der Waals surface area (Å²) in [5, 5.41) is 3.28. The molecule has 0 amide bonds. The number of rotatable bonds is 5. The first-order chi connectivity index (χ1) is 9.69. The Morgan fingerprint density at radius 3 is 2.65 bits per heavy atom. The lowest BCUT2D eigenvalue weighted by Crippen LogP contribution is -2.08. The Morgan fingerprint density at radius 1 is 1.20 bits per heavy atom. The van der Waals surface area contributed by atoms with Crippen molar-refractivity contribution >= 4 is 5.82 Å². The zero-order valence-corrected chi connectivity index (χ0v) is 12.3. The van der Waals surface area contributed by atoms with Crippen LogP contribution in [-0.2, 0) is 6.42 Å². The van der Waals surface area contributed by atoms with Gasteiger partial charge < -0.3 is 10.1 Å². The quantitative estimate of drug-likeness (QED) is 0.900. The van der Waals surface area contributed by atoms with Crippen LogP contribution in [0, 0.1) is 6.92 Å². The number of nitrogens with one attached hydrogen (secondary N) is 1. The topological polar surface area (TPSA) is 72.8 Å². The number of methoxy groups -OCH3 is 1. The van der Waals surface area contributed by atoms with Crippen molar-refractivity contribution in [1.29, 1.82) is 0 Å². The van der Waals surface area contributed by atoms with Crippen LogP contribution in [-0.4, -0.2) is 33.6 Å². The lowest BCUT2D eigenvalue weighted by molar-refractivity contribution is 0.397. The van der Waals surface area contributed by atoms with Gasteiger partial charge in [-0.1, -0.05) is 6.92 Å². The molecular formula is C14H19N5O. The van der Waals surface area contributed by atoms with Crippen LogP contribution in [0.5, 0.6) is 5.88 Å². The van der Waals surface area contributed by atoms with Crippen molar-refractivity contribution in [3.8, 4) is 17.4 Å². The second kappa shape index (κ2) is 6.27. The number of hydrogen-bond acceptors (Lipinski definition) is 6. The number of nitrogens with zero attached hydrogens (tertiary/aromatic N) is 4. The molecule has 2 aromatic heterocycles. The highest BCUT2D eigenvalue weighted by atomic mass is 16.5. The summed E-state index contributed by atoms with van der Waals surface area (Å²) in [5.74, 6) is 1.95. The summed E-state index contributed by atoms with van der Waals surface area (Å²) in [7, 11) is 1.57. The fourth-order valence-corrected chi connectivity index (χ4v) is 2.02. The zero-order chi connectivity index (χ0) is 14.5. The average Bonchev–Trinajstić information content (AvgIpc) is 2.47. The molecule has 0 aliphatic heterocycles. The van der Waals surface area contributed by atoms with E-state index in [1.807, 2.05) is 13.8 Å². The number of aromatic nitrogens is 4. The van der Waals surface area contributed by atoms with Gasteiger partial charge in [0.1, 0.15) is 17.8 Å². The second-order valence-corrected chi connectivity index (χ2v) is 4.29. The van der Waals surface area contributed by atoms with Crippen LogP contribution in [0.4, 0.5) is 5.82 Å². The molecule has 1 N–H and O–H groups in total. The minimum atomic E-state index is 0.501. The van der Waals surface area contributed by atoms with Gasteiger partial charge in [-0.3, -0.25) is 0 Å². The predicted octanol–water partition coefficient (Wildman–Crippen LogP) is 2.24. The molecule has 0 aliphatic carbocycles. The molecule has 2 aromatic rings. The number of anilines is 1. The van der Waals surface area contributed by atoms with Crippen LogP contribution >= 0.6 is 0 Å². The summed E-state index contributed by atoms with van der Waals surface area (Å²) in [5.41, 5.74) is 2.75. The number of hydrogen-bond donors (Lipinski definition) is 1. The third-order valence-electron chi connectivity index (χ3n) is 2.99. The first-order valence-electron chi connectivity index (χ1n) is 6.67. The van der Waals surface area contributed by atoms with Gasteiger partial charge >= 0.3 is 0 Å². The third kappa shape index (κ3) is 2.84. The van der Waals surface area contributed by atoms with Gasteiger partial charge in [0.2, 0.25) is 5.88 Å². The molecule has 0 radical (unpaired) electrons. The van der Waals surface area contributed by atoms with Gasteiger partial charge in [0.15, 0.2) is 5.82 Å². The van der Waals surface area contributed by atoms with Crippen LogP contribution in [0.2, 0.25) is 0 Å². The van der Waals surface area contributed by atoms with Crippen molar-refractivity contribution in [2.45, 2.75) is 27.2 Å².